The Kier molecular flexibility index (Phi) is 6.49. The third-order valence-electron chi connectivity index (χ3n) is 6.06. The van der Waals surface area contributed by atoms with Crippen LogP contribution in [0.2, 0.25) is 0 Å². The lowest BCUT2D eigenvalue weighted by molar-refractivity contribution is -0.143. The molecule has 1 fully saturated rings. The second kappa shape index (κ2) is 9.51. The van der Waals surface area contributed by atoms with Crippen molar-refractivity contribution in [2.24, 2.45) is 0 Å². The van der Waals surface area contributed by atoms with Crippen molar-refractivity contribution < 1.29 is 23.2 Å². The SMILES string of the molecule is CN(Cc1ccc(F)cc1)C(=O)CC1(c2cccc(F)c2)CC(=O)N(Cc2cccnc2)C1=O. The molecule has 0 N–H and O–H groups in total. The smallest absolute Gasteiger partial charge is 0.241 e. The third-order valence-corrected chi connectivity index (χ3v) is 6.06. The van der Waals surface area contributed by atoms with Crippen molar-refractivity contribution in [3.05, 3.63) is 101 Å². The fraction of sp³-hybridized carbons (Fsp3) is 0.231. The minimum Gasteiger partial charge on any atom is -0.341 e. The number of aromatic nitrogens is 1. The second-order valence-electron chi connectivity index (χ2n) is 8.47. The molecule has 1 aliphatic rings. The zero-order valence-electron chi connectivity index (χ0n) is 18.6. The van der Waals surface area contributed by atoms with Gasteiger partial charge in [-0.25, -0.2) is 8.78 Å². The van der Waals surface area contributed by atoms with Crippen LogP contribution < -0.4 is 0 Å². The molecule has 3 amide bonds. The van der Waals surface area contributed by atoms with Crippen LogP contribution in [0.4, 0.5) is 8.78 Å². The van der Waals surface area contributed by atoms with Crippen LogP contribution in [0.1, 0.15) is 29.5 Å². The van der Waals surface area contributed by atoms with Crippen LogP contribution in [-0.4, -0.2) is 39.6 Å². The van der Waals surface area contributed by atoms with E-state index in [4.69, 9.17) is 0 Å². The predicted molar refractivity (Wildman–Crippen MR) is 120 cm³/mol. The topological polar surface area (TPSA) is 70.6 Å². The van der Waals surface area contributed by atoms with Gasteiger partial charge in [-0.15, -0.1) is 0 Å². The number of rotatable bonds is 7. The Labute approximate surface area is 195 Å². The summed E-state index contributed by atoms with van der Waals surface area (Å²) < 4.78 is 27.3. The maximum Gasteiger partial charge on any atom is 0.241 e. The molecule has 1 aliphatic heterocycles. The number of carbonyl (C=O) groups is 3. The zero-order chi connectivity index (χ0) is 24.3. The lowest BCUT2D eigenvalue weighted by Gasteiger charge is -2.29. The highest BCUT2D eigenvalue weighted by Gasteiger charge is 2.54. The number of hydrogen-bond donors (Lipinski definition) is 0. The number of hydrogen-bond acceptors (Lipinski definition) is 4. The summed E-state index contributed by atoms with van der Waals surface area (Å²) in [5.41, 5.74) is 0.140. The summed E-state index contributed by atoms with van der Waals surface area (Å²) in [6.45, 7) is 0.210. The Balaban J connectivity index is 1.63. The van der Waals surface area contributed by atoms with Crippen LogP contribution in [0.25, 0.3) is 0 Å². The molecular formula is C26H23F2N3O3. The van der Waals surface area contributed by atoms with E-state index in [0.29, 0.717) is 11.1 Å². The van der Waals surface area contributed by atoms with E-state index in [1.54, 1.807) is 49.8 Å². The van der Waals surface area contributed by atoms with Crippen LogP contribution in [0.3, 0.4) is 0 Å². The van der Waals surface area contributed by atoms with Gasteiger partial charge in [0.1, 0.15) is 11.6 Å². The summed E-state index contributed by atoms with van der Waals surface area (Å²) in [7, 11) is 1.57. The van der Waals surface area contributed by atoms with E-state index in [9.17, 15) is 23.2 Å². The molecule has 0 saturated carbocycles. The molecule has 1 saturated heterocycles. The van der Waals surface area contributed by atoms with Gasteiger partial charge in [0.15, 0.2) is 0 Å². The number of benzene rings is 2. The summed E-state index contributed by atoms with van der Waals surface area (Å²) in [6.07, 6.45) is 2.60. The molecule has 2 heterocycles. The van der Waals surface area contributed by atoms with Crippen LogP contribution in [0.15, 0.2) is 73.1 Å². The predicted octanol–water partition coefficient (Wildman–Crippen LogP) is 3.61. The van der Waals surface area contributed by atoms with Crippen molar-refractivity contribution in [1.82, 2.24) is 14.8 Å². The van der Waals surface area contributed by atoms with E-state index in [1.165, 1.54) is 35.2 Å². The van der Waals surface area contributed by atoms with Gasteiger partial charge in [-0.1, -0.05) is 30.3 Å². The number of carbonyl (C=O) groups excluding carboxylic acids is 3. The Morgan fingerprint density at radius 3 is 2.47 bits per heavy atom. The first kappa shape index (κ1) is 23.2. The molecule has 1 aromatic heterocycles. The third kappa shape index (κ3) is 4.71. The van der Waals surface area contributed by atoms with Gasteiger partial charge in [0.25, 0.3) is 0 Å². The number of imide groups is 1. The quantitative estimate of drug-likeness (QED) is 0.502. The van der Waals surface area contributed by atoms with E-state index in [0.717, 1.165) is 4.90 Å². The Bertz CT molecular complexity index is 1220. The van der Waals surface area contributed by atoms with Crippen LogP contribution in [0.5, 0.6) is 0 Å². The summed E-state index contributed by atoms with van der Waals surface area (Å²) in [4.78, 5) is 46.4. The summed E-state index contributed by atoms with van der Waals surface area (Å²) in [6, 6.07) is 14.7. The van der Waals surface area contributed by atoms with Crippen LogP contribution in [-0.2, 0) is 32.9 Å². The summed E-state index contributed by atoms with van der Waals surface area (Å²) in [5, 5.41) is 0. The summed E-state index contributed by atoms with van der Waals surface area (Å²) >= 11 is 0. The highest BCUT2D eigenvalue weighted by atomic mass is 19.1. The van der Waals surface area contributed by atoms with Gasteiger partial charge in [-0.05, 0) is 47.0 Å². The van der Waals surface area contributed by atoms with Gasteiger partial charge >= 0.3 is 0 Å². The molecule has 0 aliphatic carbocycles. The molecule has 0 spiro atoms. The van der Waals surface area contributed by atoms with Crippen molar-refractivity contribution in [2.45, 2.75) is 31.3 Å². The average Bonchev–Trinajstić information content (AvgIpc) is 3.06. The Hall–Kier alpha value is -3.94. The van der Waals surface area contributed by atoms with Crippen molar-refractivity contribution >= 4 is 17.7 Å². The highest BCUT2D eigenvalue weighted by Crippen LogP contribution is 2.41. The maximum absolute atomic E-state index is 14.1. The lowest BCUT2D eigenvalue weighted by atomic mass is 9.75. The van der Waals surface area contributed by atoms with E-state index in [2.05, 4.69) is 4.98 Å². The van der Waals surface area contributed by atoms with Gasteiger partial charge in [-0.3, -0.25) is 24.3 Å². The van der Waals surface area contributed by atoms with Gasteiger partial charge in [0.05, 0.1) is 12.0 Å². The molecule has 1 unspecified atom stereocenters. The van der Waals surface area contributed by atoms with Gasteiger partial charge in [-0.2, -0.15) is 0 Å². The fourth-order valence-corrected chi connectivity index (χ4v) is 4.23. The molecular weight excluding hydrogens is 440 g/mol. The zero-order valence-corrected chi connectivity index (χ0v) is 18.6. The number of halogens is 2. The Morgan fingerprint density at radius 2 is 1.79 bits per heavy atom. The molecule has 3 aromatic rings. The minimum absolute atomic E-state index is 0.0161. The van der Waals surface area contributed by atoms with E-state index in [1.807, 2.05) is 0 Å². The van der Waals surface area contributed by atoms with Gasteiger partial charge in [0, 0.05) is 38.8 Å². The monoisotopic (exact) mass is 463 g/mol. The first-order valence-corrected chi connectivity index (χ1v) is 10.8. The van der Waals surface area contributed by atoms with Crippen LogP contribution in [0, 0.1) is 11.6 Å². The van der Waals surface area contributed by atoms with E-state index < -0.39 is 29.0 Å². The number of nitrogens with zero attached hydrogens (tertiary/aromatic N) is 3. The first-order valence-electron chi connectivity index (χ1n) is 10.8. The van der Waals surface area contributed by atoms with Crippen molar-refractivity contribution in [3.63, 3.8) is 0 Å². The highest BCUT2D eigenvalue weighted by molar-refractivity contribution is 6.10. The fourth-order valence-electron chi connectivity index (χ4n) is 4.23. The molecule has 0 bridgehead atoms. The average molecular weight is 463 g/mol. The summed E-state index contributed by atoms with van der Waals surface area (Å²) in [5.74, 6) is -2.32. The largest absolute Gasteiger partial charge is 0.341 e. The normalized spacial score (nSPS) is 17.8. The van der Waals surface area contributed by atoms with Crippen LogP contribution >= 0.6 is 0 Å². The maximum atomic E-state index is 14.1. The van der Waals surface area contributed by atoms with E-state index >= 15 is 0 Å². The molecule has 6 nitrogen and oxygen atoms in total. The molecule has 2 aromatic carbocycles. The number of likely N-dealkylation sites (tertiary alicyclic amines) is 1. The number of pyridine rings is 1. The van der Waals surface area contributed by atoms with Gasteiger partial charge in [0.2, 0.25) is 17.7 Å². The molecule has 0 radical (unpaired) electrons. The molecule has 4 rings (SSSR count). The van der Waals surface area contributed by atoms with Crippen molar-refractivity contribution in [3.8, 4) is 0 Å². The number of amides is 3. The minimum atomic E-state index is -1.52. The Morgan fingerprint density at radius 1 is 1.03 bits per heavy atom. The molecule has 34 heavy (non-hydrogen) atoms. The molecule has 174 valence electrons. The lowest BCUT2D eigenvalue weighted by Crippen LogP contribution is -2.42. The van der Waals surface area contributed by atoms with Crippen molar-refractivity contribution in [2.75, 3.05) is 7.05 Å². The van der Waals surface area contributed by atoms with Gasteiger partial charge < -0.3 is 4.90 Å². The first-order chi connectivity index (χ1) is 16.3. The van der Waals surface area contributed by atoms with Crippen molar-refractivity contribution in [1.29, 1.82) is 0 Å². The van der Waals surface area contributed by atoms with E-state index in [-0.39, 0.29) is 37.3 Å². The second-order valence-corrected chi connectivity index (χ2v) is 8.47. The molecule has 8 heteroatoms. The standard InChI is InChI=1S/C26H23F2N3O3/c1-30(16-18-7-9-21(27)10-8-18)23(32)13-26(20-5-2-6-22(28)12-20)14-24(33)31(25(26)34)17-19-4-3-11-29-15-19/h2-12,15H,13-14,16-17H2,1H3. The molecule has 1 atom stereocenters.